The Kier molecular flexibility index (Phi) is 17.9. The number of H-pyrrole nitrogens is 1. The van der Waals surface area contributed by atoms with Gasteiger partial charge in [-0.25, -0.2) is 0 Å². The molecule has 3 atom stereocenters. The minimum Gasteiger partial charge on any atom is -0.365 e. The average Bonchev–Trinajstić information content (AvgIpc) is 3.37. The largest absolute Gasteiger partial charge is 0.365 e. The number of hydrogen-bond donors (Lipinski definition) is 4. The summed E-state index contributed by atoms with van der Waals surface area (Å²) in [6, 6.07) is 8.86. The Bertz CT molecular complexity index is 868. The van der Waals surface area contributed by atoms with Gasteiger partial charge < -0.3 is 27.1 Å². The summed E-state index contributed by atoms with van der Waals surface area (Å²) >= 11 is 0. The number of hydrogen-bond acceptors (Lipinski definition) is 5. The van der Waals surface area contributed by atoms with Gasteiger partial charge in [0.05, 0.1) is 0 Å². The molecule has 3 unspecified atom stereocenters. The molecular formula is C35H68N6. The predicted molar refractivity (Wildman–Crippen MR) is 181 cm³/mol. The van der Waals surface area contributed by atoms with Gasteiger partial charge in [-0.15, -0.1) is 0 Å². The first-order chi connectivity index (χ1) is 18.5. The zero-order valence-corrected chi connectivity index (χ0v) is 27.5. The monoisotopic (exact) mass is 573 g/mol. The van der Waals surface area contributed by atoms with Crippen LogP contribution in [0.5, 0.6) is 0 Å². The topological polar surface area (TPSA) is 110 Å². The van der Waals surface area contributed by atoms with E-state index in [9.17, 15) is 0 Å². The van der Waals surface area contributed by atoms with Crippen LogP contribution in [-0.2, 0) is 12.8 Å². The zero-order chi connectivity index (χ0) is 30.4. The third-order valence-electron chi connectivity index (χ3n) is 8.06. The first-order valence-corrected chi connectivity index (χ1v) is 15.5. The van der Waals surface area contributed by atoms with Gasteiger partial charge in [-0.2, -0.15) is 0 Å². The molecule has 1 fully saturated rings. The lowest BCUT2D eigenvalue weighted by Gasteiger charge is -2.30. The van der Waals surface area contributed by atoms with E-state index >= 15 is 0 Å². The van der Waals surface area contributed by atoms with Crippen molar-refractivity contribution in [2.24, 2.45) is 33.4 Å². The molecule has 2 aromatic rings. The van der Waals surface area contributed by atoms with Gasteiger partial charge in [0.15, 0.2) is 0 Å². The first-order valence-electron chi connectivity index (χ1n) is 15.5. The lowest BCUT2D eigenvalue weighted by Crippen LogP contribution is -2.36. The smallest absolute Gasteiger partial charge is 0.0300 e. The van der Waals surface area contributed by atoms with Crippen LogP contribution in [-0.4, -0.2) is 52.6 Å². The maximum Gasteiger partial charge on any atom is 0.0300 e. The van der Waals surface area contributed by atoms with Crippen molar-refractivity contribution in [1.29, 1.82) is 0 Å². The summed E-state index contributed by atoms with van der Waals surface area (Å²) in [4.78, 5) is 9.82. The molecule has 0 aromatic carbocycles. The minimum atomic E-state index is 0. The molecule has 238 valence electrons. The van der Waals surface area contributed by atoms with Gasteiger partial charge in [0.2, 0.25) is 0 Å². The number of nitrogens with zero attached hydrogens (tertiary/aromatic N) is 2. The average molecular weight is 573 g/mol. The van der Waals surface area contributed by atoms with Crippen molar-refractivity contribution in [3.63, 3.8) is 0 Å². The Morgan fingerprint density at radius 1 is 0.780 bits per heavy atom. The standard InChI is InChI=1S/C13H28N2.C11H18N2.C10H18N2.CH4/c1-13(2,3)12(14)8-7-11-15-9-5-4-6-10-15;1-11(2,3)10(12)7-9-5-4-6-13-8-9;1-10(2,3)9(11)7-8-5-4-6-12-8;/h12H,4-11,14H2,1-3H3;4-6,8,10H,7,12H2,1-3H3;4-6,9,12H,7,11H2,1-3H3;1H4. The van der Waals surface area contributed by atoms with Gasteiger partial charge >= 0.3 is 0 Å². The summed E-state index contributed by atoms with van der Waals surface area (Å²) in [5.41, 5.74) is 21.3. The Morgan fingerprint density at radius 3 is 1.80 bits per heavy atom. The number of pyridine rings is 1. The number of nitrogens with two attached hydrogens (primary N) is 3. The van der Waals surface area contributed by atoms with E-state index in [2.05, 4.69) is 89.3 Å². The Labute approximate surface area is 254 Å². The van der Waals surface area contributed by atoms with Crippen LogP contribution in [0.3, 0.4) is 0 Å². The van der Waals surface area contributed by atoms with Gasteiger partial charge in [0, 0.05) is 48.8 Å². The van der Waals surface area contributed by atoms with Crippen molar-refractivity contribution in [1.82, 2.24) is 14.9 Å². The fraction of sp³-hybridized carbons (Fsp3) is 0.743. The van der Waals surface area contributed by atoms with Crippen molar-refractivity contribution in [2.45, 2.75) is 133 Å². The number of aromatic amines is 1. The van der Waals surface area contributed by atoms with Crippen molar-refractivity contribution < 1.29 is 0 Å². The van der Waals surface area contributed by atoms with Crippen molar-refractivity contribution in [3.8, 4) is 0 Å². The van der Waals surface area contributed by atoms with Crippen LogP contribution in [0.2, 0.25) is 0 Å². The second kappa shape index (κ2) is 18.7. The van der Waals surface area contributed by atoms with Gasteiger partial charge in [-0.3, -0.25) is 4.98 Å². The summed E-state index contributed by atoms with van der Waals surface area (Å²) in [7, 11) is 0. The normalized spacial score (nSPS) is 16.7. The van der Waals surface area contributed by atoms with Crippen LogP contribution >= 0.6 is 0 Å². The lowest BCUT2D eigenvalue weighted by molar-refractivity contribution is 0.213. The third kappa shape index (κ3) is 17.7. The number of piperidine rings is 1. The molecule has 1 aliphatic rings. The SMILES string of the molecule is C.CC(C)(C)C(N)CCCN1CCCCC1.CC(C)(C)C(N)Cc1ccc[nH]1.CC(C)(C)C(N)Cc1cccnc1. The molecule has 0 bridgehead atoms. The summed E-state index contributed by atoms with van der Waals surface area (Å²) in [6.45, 7) is 23.6. The van der Waals surface area contributed by atoms with E-state index in [0.717, 1.165) is 12.8 Å². The fourth-order valence-electron chi connectivity index (χ4n) is 4.27. The van der Waals surface area contributed by atoms with Crippen molar-refractivity contribution in [3.05, 3.63) is 54.1 Å². The highest BCUT2D eigenvalue weighted by molar-refractivity contribution is 5.11. The highest BCUT2D eigenvalue weighted by Gasteiger charge is 2.22. The van der Waals surface area contributed by atoms with E-state index < -0.39 is 0 Å². The molecule has 3 heterocycles. The number of aromatic nitrogens is 2. The van der Waals surface area contributed by atoms with Crippen LogP contribution in [0.4, 0.5) is 0 Å². The third-order valence-corrected chi connectivity index (χ3v) is 8.06. The molecule has 6 heteroatoms. The molecule has 3 rings (SSSR count). The van der Waals surface area contributed by atoms with E-state index in [1.54, 1.807) is 6.20 Å². The fourth-order valence-corrected chi connectivity index (χ4v) is 4.27. The van der Waals surface area contributed by atoms with Crippen molar-refractivity contribution >= 4 is 0 Å². The van der Waals surface area contributed by atoms with Crippen molar-refractivity contribution in [2.75, 3.05) is 19.6 Å². The summed E-state index contributed by atoms with van der Waals surface area (Å²) in [5.74, 6) is 0. The van der Waals surface area contributed by atoms with Crippen LogP contribution in [0, 0.1) is 16.2 Å². The van der Waals surface area contributed by atoms with Gasteiger partial charge in [0.25, 0.3) is 0 Å². The summed E-state index contributed by atoms with van der Waals surface area (Å²) in [6.07, 6.45) is 14.1. The maximum atomic E-state index is 6.15. The molecular weight excluding hydrogens is 504 g/mol. The highest BCUT2D eigenvalue weighted by atomic mass is 15.1. The maximum absolute atomic E-state index is 6.15. The molecule has 2 aromatic heterocycles. The Morgan fingerprint density at radius 2 is 1.34 bits per heavy atom. The number of rotatable bonds is 8. The van der Waals surface area contributed by atoms with E-state index in [1.165, 1.54) is 63.0 Å². The van der Waals surface area contributed by atoms with Crippen LogP contribution in [0.15, 0.2) is 42.9 Å². The zero-order valence-electron chi connectivity index (χ0n) is 27.5. The number of likely N-dealkylation sites (tertiary alicyclic amines) is 1. The van der Waals surface area contributed by atoms with Crippen LogP contribution in [0.25, 0.3) is 0 Å². The first kappa shape index (κ1) is 39.3. The van der Waals surface area contributed by atoms with Crippen LogP contribution in [0.1, 0.15) is 113 Å². The Balaban J connectivity index is 0.000000582. The second-order valence-corrected chi connectivity index (χ2v) is 14.9. The number of nitrogens with one attached hydrogen (secondary N) is 1. The lowest BCUT2D eigenvalue weighted by atomic mass is 9.84. The van der Waals surface area contributed by atoms with E-state index in [4.69, 9.17) is 17.2 Å². The quantitative estimate of drug-likeness (QED) is 0.268. The highest BCUT2D eigenvalue weighted by Crippen LogP contribution is 2.22. The molecule has 0 saturated carbocycles. The predicted octanol–water partition coefficient (Wildman–Crippen LogP) is 7.19. The van der Waals surface area contributed by atoms with E-state index in [-0.39, 0.29) is 35.8 Å². The molecule has 0 aliphatic carbocycles. The van der Waals surface area contributed by atoms with Crippen LogP contribution < -0.4 is 17.2 Å². The molecule has 41 heavy (non-hydrogen) atoms. The van der Waals surface area contributed by atoms with Gasteiger partial charge in [-0.1, -0.05) is 82.2 Å². The van der Waals surface area contributed by atoms with E-state index in [1.807, 2.05) is 24.5 Å². The molecule has 1 saturated heterocycles. The molecule has 7 N–H and O–H groups in total. The molecule has 1 aliphatic heterocycles. The van der Waals surface area contributed by atoms with E-state index in [0.29, 0.717) is 6.04 Å². The Hall–Kier alpha value is -1.73. The molecule has 0 radical (unpaired) electrons. The second-order valence-electron chi connectivity index (χ2n) is 14.9. The molecule has 0 amide bonds. The van der Waals surface area contributed by atoms with Gasteiger partial charge in [0.1, 0.15) is 0 Å². The minimum absolute atomic E-state index is 0. The molecule has 6 nitrogen and oxygen atoms in total. The summed E-state index contributed by atoms with van der Waals surface area (Å²) in [5, 5.41) is 0. The van der Waals surface area contributed by atoms with Gasteiger partial charge in [-0.05, 0) is 91.7 Å². The summed E-state index contributed by atoms with van der Waals surface area (Å²) < 4.78 is 0. The molecule has 0 spiro atoms.